The molecule has 0 bridgehead atoms. The fourth-order valence-electron chi connectivity index (χ4n) is 2.30. The molecule has 0 heterocycles. The van der Waals surface area contributed by atoms with Gasteiger partial charge in [0.2, 0.25) is 0 Å². The molecule has 0 aliphatic rings. The first-order valence-electron chi connectivity index (χ1n) is 7.77. The molecule has 134 valence electrons. The van der Waals surface area contributed by atoms with E-state index in [0.717, 1.165) is 11.1 Å². The van der Waals surface area contributed by atoms with Crippen molar-refractivity contribution in [3.05, 3.63) is 63.4 Å². The van der Waals surface area contributed by atoms with E-state index < -0.39 is 5.82 Å². The first kappa shape index (κ1) is 19.5. The summed E-state index contributed by atoms with van der Waals surface area (Å²) in [7, 11) is 0. The van der Waals surface area contributed by atoms with Gasteiger partial charge in [-0.05, 0) is 48.7 Å². The van der Waals surface area contributed by atoms with Gasteiger partial charge in [0.1, 0.15) is 5.82 Å². The van der Waals surface area contributed by atoms with Gasteiger partial charge in [0.15, 0.2) is 0 Å². The Kier molecular flexibility index (Phi) is 7.05. The molecule has 2 rings (SSSR count). The van der Waals surface area contributed by atoms with Gasteiger partial charge < -0.3 is 15.3 Å². The van der Waals surface area contributed by atoms with E-state index >= 15 is 0 Å². The van der Waals surface area contributed by atoms with E-state index in [1.807, 2.05) is 0 Å². The molecule has 2 aromatic carbocycles. The van der Waals surface area contributed by atoms with Crippen LogP contribution in [0.4, 0.5) is 14.9 Å². The van der Waals surface area contributed by atoms with Crippen molar-refractivity contribution in [2.75, 3.05) is 18.5 Å². The maximum Gasteiger partial charge on any atom is 0.322 e. The molecule has 2 aromatic rings. The molecule has 2 N–H and O–H groups in total. The summed E-state index contributed by atoms with van der Waals surface area (Å²) in [5.41, 5.74) is 1.97. The van der Waals surface area contributed by atoms with E-state index in [9.17, 15) is 9.18 Å². The summed E-state index contributed by atoms with van der Waals surface area (Å²) < 4.78 is 13.4. The first-order valence-corrected chi connectivity index (χ1v) is 8.53. The maximum atomic E-state index is 13.4. The lowest BCUT2D eigenvalue weighted by molar-refractivity contribution is 0.199. The molecular formula is C18H19Cl2FN2O2. The summed E-state index contributed by atoms with van der Waals surface area (Å²) >= 11 is 11.9. The van der Waals surface area contributed by atoms with E-state index in [0.29, 0.717) is 28.7 Å². The third-order valence-electron chi connectivity index (χ3n) is 3.67. The molecule has 0 saturated carbocycles. The summed E-state index contributed by atoms with van der Waals surface area (Å²) in [4.78, 5) is 14.1. The maximum absolute atomic E-state index is 13.4. The van der Waals surface area contributed by atoms with Crippen LogP contribution in [0.25, 0.3) is 0 Å². The molecule has 0 aliphatic heterocycles. The van der Waals surface area contributed by atoms with Crippen LogP contribution in [0.5, 0.6) is 0 Å². The number of carbonyl (C=O) groups excluding carboxylic acids is 1. The number of hydrogen-bond donors (Lipinski definition) is 2. The number of aliphatic hydroxyl groups is 1. The number of halogens is 3. The fourth-order valence-corrected chi connectivity index (χ4v) is 2.62. The lowest BCUT2D eigenvalue weighted by atomic mass is 10.2. The number of nitrogens with one attached hydrogen (secondary N) is 1. The molecule has 2 amide bonds. The van der Waals surface area contributed by atoms with Crippen LogP contribution in [-0.4, -0.2) is 29.2 Å². The first-order chi connectivity index (χ1) is 11.9. The van der Waals surface area contributed by atoms with Crippen molar-refractivity contribution in [3.8, 4) is 0 Å². The van der Waals surface area contributed by atoms with E-state index in [-0.39, 0.29) is 19.2 Å². The SMILES string of the molecule is Cc1ccc(F)cc1NC(=O)N(CCCO)Cc1ccc(Cl)c(Cl)c1. The molecule has 0 atom stereocenters. The number of aryl methyl sites for hydroxylation is 1. The Bertz CT molecular complexity index is 756. The van der Waals surface area contributed by atoms with Crippen LogP contribution >= 0.6 is 23.2 Å². The molecular weight excluding hydrogens is 366 g/mol. The summed E-state index contributed by atoms with van der Waals surface area (Å²) in [5.74, 6) is -0.424. The highest BCUT2D eigenvalue weighted by atomic mass is 35.5. The van der Waals surface area contributed by atoms with E-state index in [1.165, 1.54) is 17.0 Å². The zero-order valence-electron chi connectivity index (χ0n) is 13.7. The van der Waals surface area contributed by atoms with Gasteiger partial charge in [-0.15, -0.1) is 0 Å². The predicted molar refractivity (Wildman–Crippen MR) is 98.7 cm³/mol. The smallest absolute Gasteiger partial charge is 0.322 e. The van der Waals surface area contributed by atoms with Crippen LogP contribution in [0.3, 0.4) is 0 Å². The predicted octanol–water partition coefficient (Wildman–Crippen LogP) is 4.86. The van der Waals surface area contributed by atoms with E-state index in [2.05, 4.69) is 5.32 Å². The number of rotatable bonds is 6. The van der Waals surface area contributed by atoms with Gasteiger partial charge >= 0.3 is 6.03 Å². The normalized spacial score (nSPS) is 10.6. The van der Waals surface area contributed by atoms with Gasteiger partial charge in [-0.1, -0.05) is 35.3 Å². The summed E-state index contributed by atoms with van der Waals surface area (Å²) in [6, 6.07) is 8.96. The van der Waals surface area contributed by atoms with Gasteiger partial charge in [0.25, 0.3) is 0 Å². The van der Waals surface area contributed by atoms with Crippen molar-refractivity contribution < 1.29 is 14.3 Å². The van der Waals surface area contributed by atoms with Crippen molar-refractivity contribution in [3.63, 3.8) is 0 Å². The van der Waals surface area contributed by atoms with Crippen LogP contribution in [-0.2, 0) is 6.54 Å². The average molecular weight is 385 g/mol. The van der Waals surface area contributed by atoms with Gasteiger partial charge in [-0.25, -0.2) is 9.18 Å². The van der Waals surface area contributed by atoms with Gasteiger partial charge in [-0.2, -0.15) is 0 Å². The standard InChI is InChI=1S/C18H19Cl2FN2O2/c1-12-3-5-14(21)10-17(12)22-18(25)23(7-2-8-24)11-13-4-6-15(19)16(20)9-13/h3-6,9-10,24H,2,7-8,11H2,1H3,(H,22,25). The number of amides is 2. The van der Waals surface area contributed by atoms with Gasteiger partial charge in [0, 0.05) is 25.4 Å². The second-order valence-electron chi connectivity index (χ2n) is 5.64. The number of nitrogens with zero attached hydrogens (tertiary/aromatic N) is 1. The highest BCUT2D eigenvalue weighted by Crippen LogP contribution is 2.24. The molecule has 7 heteroatoms. The van der Waals surface area contributed by atoms with E-state index in [4.69, 9.17) is 28.3 Å². The van der Waals surface area contributed by atoms with Crippen molar-refractivity contribution in [2.24, 2.45) is 0 Å². The monoisotopic (exact) mass is 384 g/mol. The fraction of sp³-hybridized carbons (Fsp3) is 0.278. The molecule has 0 spiro atoms. The van der Waals surface area contributed by atoms with Crippen molar-refractivity contribution >= 4 is 34.9 Å². The number of hydrogen-bond acceptors (Lipinski definition) is 2. The Labute approximate surface area is 156 Å². The topological polar surface area (TPSA) is 52.6 Å². The Morgan fingerprint density at radius 3 is 2.64 bits per heavy atom. The van der Waals surface area contributed by atoms with Crippen LogP contribution in [0.1, 0.15) is 17.5 Å². The summed E-state index contributed by atoms with van der Waals surface area (Å²) in [5, 5.41) is 12.6. The molecule has 0 unspecified atom stereocenters. The Balaban J connectivity index is 2.16. The average Bonchev–Trinajstić information content (AvgIpc) is 2.58. The molecule has 0 saturated heterocycles. The van der Waals surface area contributed by atoms with Crippen LogP contribution in [0.15, 0.2) is 36.4 Å². The molecule has 0 fully saturated rings. The molecule has 0 aliphatic carbocycles. The van der Waals surface area contributed by atoms with E-state index in [1.54, 1.807) is 31.2 Å². The zero-order valence-corrected chi connectivity index (χ0v) is 15.2. The Morgan fingerprint density at radius 1 is 1.20 bits per heavy atom. The summed E-state index contributed by atoms with van der Waals surface area (Å²) in [6.45, 7) is 2.38. The largest absolute Gasteiger partial charge is 0.396 e. The van der Waals surface area contributed by atoms with Crippen molar-refractivity contribution in [1.82, 2.24) is 4.90 Å². The van der Waals surface area contributed by atoms with Crippen LogP contribution in [0.2, 0.25) is 10.0 Å². The third-order valence-corrected chi connectivity index (χ3v) is 4.41. The molecule has 25 heavy (non-hydrogen) atoms. The lowest BCUT2D eigenvalue weighted by Crippen LogP contribution is -2.35. The zero-order chi connectivity index (χ0) is 18.4. The number of benzene rings is 2. The van der Waals surface area contributed by atoms with Crippen molar-refractivity contribution in [1.29, 1.82) is 0 Å². The minimum Gasteiger partial charge on any atom is -0.396 e. The third kappa shape index (κ3) is 5.59. The highest BCUT2D eigenvalue weighted by Gasteiger charge is 2.16. The van der Waals surface area contributed by atoms with Gasteiger partial charge in [0.05, 0.1) is 10.0 Å². The molecule has 0 aromatic heterocycles. The second kappa shape index (κ2) is 9.04. The second-order valence-corrected chi connectivity index (χ2v) is 6.45. The minimum absolute atomic E-state index is 0.0376. The number of carbonyl (C=O) groups is 1. The van der Waals surface area contributed by atoms with Crippen LogP contribution in [0, 0.1) is 12.7 Å². The minimum atomic E-state index is -0.424. The Hall–Kier alpha value is -1.82. The number of aliphatic hydroxyl groups excluding tert-OH is 1. The summed E-state index contributed by atoms with van der Waals surface area (Å²) in [6.07, 6.45) is 0.427. The van der Waals surface area contributed by atoms with Crippen LogP contribution < -0.4 is 5.32 Å². The quantitative estimate of drug-likeness (QED) is 0.747. The highest BCUT2D eigenvalue weighted by molar-refractivity contribution is 6.42. The number of urea groups is 1. The van der Waals surface area contributed by atoms with Gasteiger partial charge in [-0.3, -0.25) is 0 Å². The Morgan fingerprint density at radius 2 is 1.96 bits per heavy atom. The number of anilines is 1. The molecule has 4 nitrogen and oxygen atoms in total. The van der Waals surface area contributed by atoms with Crippen molar-refractivity contribution in [2.45, 2.75) is 19.9 Å². The molecule has 0 radical (unpaired) electrons. The lowest BCUT2D eigenvalue weighted by Gasteiger charge is -2.23.